The second-order valence-corrected chi connectivity index (χ2v) is 2.38. The number of hydrogen-bond donors (Lipinski definition) is 3. The SMILES string of the molecule is CC(C)(CO)N(N)N. The van der Waals surface area contributed by atoms with Gasteiger partial charge in [0.05, 0.1) is 12.1 Å². The Morgan fingerprint density at radius 2 is 1.88 bits per heavy atom. The lowest BCUT2D eigenvalue weighted by atomic mass is 10.1. The zero-order chi connectivity index (χ0) is 6.78. The molecule has 0 aromatic heterocycles. The first-order chi connectivity index (χ1) is 3.50. The average molecular weight is 119 g/mol. The van der Waals surface area contributed by atoms with Crippen LogP contribution in [0.2, 0.25) is 0 Å². The lowest BCUT2D eigenvalue weighted by molar-refractivity contribution is 0.0569. The minimum Gasteiger partial charge on any atom is -0.394 e. The number of hydrazine groups is 2. The summed E-state index contributed by atoms with van der Waals surface area (Å²) < 4.78 is 0. The molecule has 50 valence electrons. The highest BCUT2D eigenvalue weighted by atomic mass is 16.3. The molecular formula is C4H13N3O. The molecule has 0 fully saturated rings. The Labute approximate surface area is 49.0 Å². The fourth-order valence-corrected chi connectivity index (χ4v) is 0.0816. The molecule has 0 amide bonds. The third-order valence-corrected chi connectivity index (χ3v) is 1.09. The van der Waals surface area contributed by atoms with Gasteiger partial charge in [-0.2, -0.15) is 5.12 Å². The van der Waals surface area contributed by atoms with Crippen molar-refractivity contribution in [1.82, 2.24) is 5.12 Å². The Balaban J connectivity index is 3.71. The van der Waals surface area contributed by atoms with E-state index in [0.29, 0.717) is 0 Å². The molecule has 0 heterocycles. The molecule has 0 atom stereocenters. The normalized spacial score (nSPS) is 12.8. The van der Waals surface area contributed by atoms with Crippen LogP contribution in [-0.2, 0) is 0 Å². The first kappa shape index (κ1) is 7.84. The molecule has 0 aromatic rings. The summed E-state index contributed by atoms with van der Waals surface area (Å²) in [6.07, 6.45) is 0. The van der Waals surface area contributed by atoms with Crippen LogP contribution in [0.5, 0.6) is 0 Å². The van der Waals surface area contributed by atoms with Gasteiger partial charge in [-0.3, -0.25) is 11.7 Å². The van der Waals surface area contributed by atoms with Crippen molar-refractivity contribution in [2.75, 3.05) is 6.61 Å². The maximum Gasteiger partial charge on any atom is 0.0679 e. The van der Waals surface area contributed by atoms with Crippen LogP contribution in [0.4, 0.5) is 0 Å². The van der Waals surface area contributed by atoms with Crippen LogP contribution in [0.25, 0.3) is 0 Å². The molecule has 0 saturated heterocycles. The molecule has 0 radical (unpaired) electrons. The Morgan fingerprint density at radius 3 is 1.88 bits per heavy atom. The van der Waals surface area contributed by atoms with Crippen LogP contribution in [0.1, 0.15) is 13.8 Å². The number of nitrogens with two attached hydrogens (primary N) is 2. The number of aliphatic hydroxyl groups excluding tert-OH is 1. The topological polar surface area (TPSA) is 75.5 Å². The van der Waals surface area contributed by atoms with Crippen molar-refractivity contribution >= 4 is 0 Å². The summed E-state index contributed by atoms with van der Waals surface area (Å²) in [6, 6.07) is 0. The van der Waals surface area contributed by atoms with Gasteiger partial charge in [-0.15, -0.1) is 0 Å². The zero-order valence-corrected chi connectivity index (χ0v) is 5.26. The summed E-state index contributed by atoms with van der Waals surface area (Å²) in [4.78, 5) is 0. The molecule has 0 rings (SSSR count). The first-order valence-corrected chi connectivity index (χ1v) is 2.41. The van der Waals surface area contributed by atoms with Crippen molar-refractivity contribution in [1.29, 1.82) is 0 Å². The predicted octanol–water partition coefficient (Wildman–Crippen LogP) is -1.19. The Bertz CT molecular complexity index is 71.7. The molecule has 0 aliphatic carbocycles. The molecule has 0 aromatic carbocycles. The van der Waals surface area contributed by atoms with Gasteiger partial charge >= 0.3 is 0 Å². The molecule has 0 aliphatic rings. The minimum atomic E-state index is -0.514. The number of rotatable bonds is 2. The van der Waals surface area contributed by atoms with Crippen LogP contribution in [0.3, 0.4) is 0 Å². The van der Waals surface area contributed by atoms with E-state index in [2.05, 4.69) is 0 Å². The summed E-state index contributed by atoms with van der Waals surface area (Å²) in [5, 5.41) is 9.56. The third-order valence-electron chi connectivity index (χ3n) is 1.09. The Morgan fingerprint density at radius 1 is 1.50 bits per heavy atom. The van der Waals surface area contributed by atoms with Crippen LogP contribution in [0.15, 0.2) is 0 Å². The van der Waals surface area contributed by atoms with E-state index < -0.39 is 5.54 Å². The van der Waals surface area contributed by atoms with Crippen molar-refractivity contribution < 1.29 is 5.11 Å². The molecule has 4 heteroatoms. The van der Waals surface area contributed by atoms with E-state index in [9.17, 15) is 0 Å². The van der Waals surface area contributed by atoms with Crippen molar-refractivity contribution in [2.24, 2.45) is 11.7 Å². The first-order valence-electron chi connectivity index (χ1n) is 2.41. The summed E-state index contributed by atoms with van der Waals surface area (Å²) in [6.45, 7) is 3.44. The zero-order valence-electron chi connectivity index (χ0n) is 5.26. The predicted molar refractivity (Wildman–Crippen MR) is 31.4 cm³/mol. The molecule has 0 unspecified atom stereocenters. The fourth-order valence-electron chi connectivity index (χ4n) is 0.0816. The number of nitrogens with zero attached hydrogens (tertiary/aromatic N) is 1. The van der Waals surface area contributed by atoms with Gasteiger partial charge in [0, 0.05) is 0 Å². The smallest absolute Gasteiger partial charge is 0.0679 e. The quantitative estimate of drug-likeness (QED) is 0.315. The van der Waals surface area contributed by atoms with Crippen molar-refractivity contribution in [3.8, 4) is 0 Å². The molecular weight excluding hydrogens is 106 g/mol. The molecule has 5 N–H and O–H groups in total. The highest BCUT2D eigenvalue weighted by Gasteiger charge is 2.19. The third kappa shape index (κ3) is 1.75. The second kappa shape index (κ2) is 2.41. The number of hydrogen-bond acceptors (Lipinski definition) is 4. The van der Waals surface area contributed by atoms with Crippen LogP contribution >= 0.6 is 0 Å². The highest BCUT2D eigenvalue weighted by Crippen LogP contribution is 2.02. The van der Waals surface area contributed by atoms with Crippen LogP contribution in [-0.4, -0.2) is 22.4 Å². The summed E-state index contributed by atoms with van der Waals surface area (Å²) in [5.74, 6) is 10.3. The molecule has 8 heavy (non-hydrogen) atoms. The minimum absolute atomic E-state index is 0.0417. The summed E-state index contributed by atoms with van der Waals surface area (Å²) in [5.41, 5.74) is -0.514. The van der Waals surface area contributed by atoms with Gasteiger partial charge in [0.2, 0.25) is 0 Å². The van der Waals surface area contributed by atoms with E-state index >= 15 is 0 Å². The lowest BCUT2D eigenvalue weighted by Crippen LogP contribution is -2.55. The van der Waals surface area contributed by atoms with E-state index in [1.165, 1.54) is 0 Å². The molecule has 4 nitrogen and oxygen atoms in total. The molecule has 0 bridgehead atoms. The monoisotopic (exact) mass is 119 g/mol. The van der Waals surface area contributed by atoms with Crippen LogP contribution < -0.4 is 11.7 Å². The molecule has 0 aliphatic heterocycles. The van der Waals surface area contributed by atoms with E-state index in [4.69, 9.17) is 16.8 Å². The largest absolute Gasteiger partial charge is 0.394 e. The standard InChI is InChI=1S/C4H13N3O/c1-4(2,3-8)7(5)6/h8H,3,5-6H2,1-2H3. The van der Waals surface area contributed by atoms with Gasteiger partial charge < -0.3 is 5.11 Å². The van der Waals surface area contributed by atoms with Gasteiger partial charge in [0.15, 0.2) is 0 Å². The van der Waals surface area contributed by atoms with Crippen molar-refractivity contribution in [3.05, 3.63) is 0 Å². The summed E-state index contributed by atoms with van der Waals surface area (Å²) >= 11 is 0. The van der Waals surface area contributed by atoms with Crippen LogP contribution in [0, 0.1) is 0 Å². The van der Waals surface area contributed by atoms with E-state index in [-0.39, 0.29) is 6.61 Å². The van der Waals surface area contributed by atoms with Gasteiger partial charge in [-0.1, -0.05) is 0 Å². The lowest BCUT2D eigenvalue weighted by Gasteiger charge is -2.28. The second-order valence-electron chi connectivity index (χ2n) is 2.38. The van der Waals surface area contributed by atoms with Gasteiger partial charge in [0.1, 0.15) is 0 Å². The van der Waals surface area contributed by atoms with Gasteiger partial charge in [-0.25, -0.2) is 0 Å². The van der Waals surface area contributed by atoms with Gasteiger partial charge in [0.25, 0.3) is 0 Å². The molecule has 0 saturated carbocycles. The van der Waals surface area contributed by atoms with Crippen molar-refractivity contribution in [2.45, 2.75) is 19.4 Å². The van der Waals surface area contributed by atoms with E-state index in [1.54, 1.807) is 13.8 Å². The Kier molecular flexibility index (Phi) is 2.36. The summed E-state index contributed by atoms with van der Waals surface area (Å²) in [7, 11) is 0. The van der Waals surface area contributed by atoms with Gasteiger partial charge in [-0.05, 0) is 13.8 Å². The average Bonchev–Trinajstić information content (AvgIpc) is 1.67. The fraction of sp³-hybridized carbons (Fsp3) is 1.00. The number of aliphatic hydroxyl groups is 1. The van der Waals surface area contributed by atoms with E-state index in [1.807, 2.05) is 0 Å². The van der Waals surface area contributed by atoms with Crippen molar-refractivity contribution in [3.63, 3.8) is 0 Å². The molecule has 0 spiro atoms. The Hall–Kier alpha value is -0.160. The maximum absolute atomic E-state index is 8.56. The van der Waals surface area contributed by atoms with E-state index in [0.717, 1.165) is 5.12 Å². The maximum atomic E-state index is 8.56. The highest BCUT2D eigenvalue weighted by molar-refractivity contribution is 4.71.